The fourth-order valence-electron chi connectivity index (χ4n) is 2.95. The minimum absolute atomic E-state index is 0.0633. The van der Waals surface area contributed by atoms with Gasteiger partial charge in [0.1, 0.15) is 0 Å². The van der Waals surface area contributed by atoms with E-state index in [-0.39, 0.29) is 28.5 Å². The first-order chi connectivity index (χ1) is 15.6. The Morgan fingerprint density at radius 2 is 1.64 bits per heavy atom. The summed E-state index contributed by atoms with van der Waals surface area (Å²) in [6, 6.07) is 10.1. The molecule has 0 aliphatic carbocycles. The molecule has 2 aromatic rings. The van der Waals surface area contributed by atoms with Crippen LogP contribution < -0.4 is 5.32 Å². The van der Waals surface area contributed by atoms with Crippen LogP contribution in [0.2, 0.25) is 10.0 Å². The van der Waals surface area contributed by atoms with Gasteiger partial charge in [-0.2, -0.15) is 0 Å². The lowest BCUT2D eigenvalue weighted by atomic mass is 10.1. The van der Waals surface area contributed by atoms with E-state index in [1.165, 1.54) is 12.1 Å². The lowest BCUT2D eigenvalue weighted by Crippen LogP contribution is -2.43. The second-order valence-electron chi connectivity index (χ2n) is 7.53. The standard InChI is InChI=1S/C23H24Cl2N2O6/c1-27(2)12-14-6-8-15(9-7-14)22(31)26-18(10-11-20(29)30)19(28)13-33-23(32)21-16(24)4-3-5-17(21)25/h3-9,18H,10-13H2,1-2H3,(H,26,31)(H,29,30)/t18-/m0/s1. The first kappa shape index (κ1) is 26.3. The van der Waals surface area contributed by atoms with Gasteiger partial charge >= 0.3 is 11.9 Å². The summed E-state index contributed by atoms with van der Waals surface area (Å²) >= 11 is 11.9. The topological polar surface area (TPSA) is 113 Å². The molecule has 1 amide bonds. The minimum atomic E-state index is -1.16. The van der Waals surface area contributed by atoms with Crippen molar-refractivity contribution in [2.24, 2.45) is 0 Å². The van der Waals surface area contributed by atoms with Gasteiger partial charge in [-0.3, -0.25) is 14.4 Å². The Hall–Kier alpha value is -2.94. The van der Waals surface area contributed by atoms with Gasteiger partial charge in [0.25, 0.3) is 5.91 Å². The van der Waals surface area contributed by atoms with E-state index in [0.717, 1.165) is 5.56 Å². The Morgan fingerprint density at radius 3 is 2.18 bits per heavy atom. The number of halogens is 2. The highest BCUT2D eigenvalue weighted by atomic mass is 35.5. The molecule has 33 heavy (non-hydrogen) atoms. The van der Waals surface area contributed by atoms with Crippen LogP contribution in [-0.4, -0.2) is 60.4 Å². The van der Waals surface area contributed by atoms with Crippen molar-refractivity contribution in [3.63, 3.8) is 0 Å². The molecule has 0 saturated carbocycles. The Bertz CT molecular complexity index is 1000. The van der Waals surface area contributed by atoms with E-state index in [1.54, 1.807) is 30.3 Å². The number of hydrogen-bond donors (Lipinski definition) is 2. The van der Waals surface area contributed by atoms with Gasteiger partial charge in [0, 0.05) is 18.5 Å². The summed E-state index contributed by atoms with van der Waals surface area (Å²) in [5.74, 6) is -3.24. The molecule has 0 aromatic heterocycles. The minimum Gasteiger partial charge on any atom is -0.481 e. The third-order valence-corrected chi connectivity index (χ3v) is 5.20. The van der Waals surface area contributed by atoms with Gasteiger partial charge in [-0.05, 0) is 50.3 Å². The predicted molar refractivity (Wildman–Crippen MR) is 124 cm³/mol. The zero-order chi connectivity index (χ0) is 24.5. The van der Waals surface area contributed by atoms with E-state index in [4.69, 9.17) is 33.0 Å². The molecule has 2 N–H and O–H groups in total. The van der Waals surface area contributed by atoms with Crippen LogP contribution in [0.1, 0.15) is 39.1 Å². The van der Waals surface area contributed by atoms with Crippen LogP contribution >= 0.6 is 23.2 Å². The van der Waals surface area contributed by atoms with Crippen LogP contribution in [0.5, 0.6) is 0 Å². The second-order valence-corrected chi connectivity index (χ2v) is 8.35. The number of ether oxygens (including phenoxy) is 1. The van der Waals surface area contributed by atoms with Crippen molar-refractivity contribution in [1.29, 1.82) is 0 Å². The van der Waals surface area contributed by atoms with Gasteiger partial charge < -0.3 is 20.1 Å². The average Bonchev–Trinajstić information content (AvgIpc) is 2.74. The van der Waals surface area contributed by atoms with Crippen LogP contribution in [0, 0.1) is 0 Å². The van der Waals surface area contributed by atoms with Crippen LogP contribution in [-0.2, 0) is 20.9 Å². The summed E-state index contributed by atoms with van der Waals surface area (Å²) in [5, 5.41) is 11.6. The van der Waals surface area contributed by atoms with Crippen LogP contribution in [0.15, 0.2) is 42.5 Å². The number of aliphatic carboxylic acids is 1. The first-order valence-electron chi connectivity index (χ1n) is 9.98. The number of ketones is 1. The summed E-state index contributed by atoms with van der Waals surface area (Å²) in [5.41, 5.74) is 1.23. The van der Waals surface area contributed by atoms with Gasteiger partial charge in [0.05, 0.1) is 21.7 Å². The van der Waals surface area contributed by atoms with Crippen molar-refractivity contribution >= 4 is 46.8 Å². The number of carbonyl (C=O) groups excluding carboxylic acids is 3. The van der Waals surface area contributed by atoms with Gasteiger partial charge in [-0.25, -0.2) is 4.79 Å². The average molecular weight is 495 g/mol. The number of carbonyl (C=O) groups is 4. The van der Waals surface area contributed by atoms with Gasteiger partial charge in [0.2, 0.25) is 0 Å². The molecule has 0 aliphatic heterocycles. The quantitative estimate of drug-likeness (QED) is 0.459. The van der Waals surface area contributed by atoms with Crippen LogP contribution in [0.25, 0.3) is 0 Å². The molecule has 10 heteroatoms. The smallest absolute Gasteiger partial charge is 0.341 e. The molecule has 8 nitrogen and oxygen atoms in total. The maximum absolute atomic E-state index is 12.6. The lowest BCUT2D eigenvalue weighted by Gasteiger charge is -2.17. The second kappa shape index (κ2) is 12.3. The van der Waals surface area contributed by atoms with Crippen molar-refractivity contribution in [3.05, 3.63) is 69.2 Å². The maximum Gasteiger partial charge on any atom is 0.341 e. The van der Waals surface area contributed by atoms with E-state index in [9.17, 15) is 19.2 Å². The number of carboxylic acid groups (broad SMARTS) is 1. The number of rotatable bonds is 11. The fourth-order valence-corrected chi connectivity index (χ4v) is 3.50. The highest BCUT2D eigenvalue weighted by Crippen LogP contribution is 2.25. The predicted octanol–water partition coefficient (Wildman–Crippen LogP) is 3.44. The Labute approximate surface area is 201 Å². The molecule has 0 saturated heterocycles. The summed E-state index contributed by atoms with van der Waals surface area (Å²) in [4.78, 5) is 50.5. The number of Topliss-reactive ketones (excluding diaryl/α,β-unsaturated/α-hetero) is 1. The lowest BCUT2D eigenvalue weighted by molar-refractivity contribution is -0.137. The van der Waals surface area contributed by atoms with Crippen molar-refractivity contribution in [1.82, 2.24) is 10.2 Å². The number of carboxylic acids is 1. The molecule has 0 unspecified atom stereocenters. The molecular weight excluding hydrogens is 471 g/mol. The van der Waals surface area contributed by atoms with Crippen LogP contribution in [0.4, 0.5) is 0 Å². The molecule has 2 aromatic carbocycles. The monoisotopic (exact) mass is 494 g/mol. The number of nitrogens with one attached hydrogen (secondary N) is 1. The molecule has 2 rings (SSSR count). The highest BCUT2D eigenvalue weighted by molar-refractivity contribution is 6.39. The molecule has 0 spiro atoms. The van der Waals surface area contributed by atoms with E-state index >= 15 is 0 Å². The molecule has 0 bridgehead atoms. The molecule has 0 radical (unpaired) electrons. The first-order valence-corrected chi connectivity index (χ1v) is 10.7. The number of amides is 1. The fraction of sp³-hybridized carbons (Fsp3) is 0.304. The normalized spacial score (nSPS) is 11.7. The third kappa shape index (κ3) is 8.16. The highest BCUT2D eigenvalue weighted by Gasteiger charge is 2.25. The molecule has 176 valence electrons. The van der Waals surface area contributed by atoms with Crippen molar-refractivity contribution in [2.75, 3.05) is 20.7 Å². The Balaban J connectivity index is 2.06. The number of hydrogen-bond acceptors (Lipinski definition) is 6. The SMILES string of the molecule is CN(C)Cc1ccc(C(=O)N[C@@H](CCC(=O)O)C(=O)COC(=O)c2c(Cl)cccc2Cl)cc1. The summed E-state index contributed by atoms with van der Waals surface area (Å²) in [7, 11) is 3.84. The molecule has 0 aliphatic rings. The summed E-state index contributed by atoms with van der Waals surface area (Å²) in [6.45, 7) is 0.00909. The number of esters is 1. The van der Waals surface area contributed by atoms with Gasteiger partial charge in [0.15, 0.2) is 12.4 Å². The number of benzene rings is 2. The van der Waals surface area contributed by atoms with E-state index < -0.39 is 36.3 Å². The van der Waals surface area contributed by atoms with Crippen LogP contribution in [0.3, 0.4) is 0 Å². The third-order valence-electron chi connectivity index (χ3n) is 4.57. The Morgan fingerprint density at radius 1 is 1.03 bits per heavy atom. The largest absolute Gasteiger partial charge is 0.481 e. The zero-order valence-electron chi connectivity index (χ0n) is 18.1. The molecular formula is C23H24Cl2N2O6. The zero-order valence-corrected chi connectivity index (χ0v) is 19.7. The van der Waals surface area contributed by atoms with E-state index in [1.807, 2.05) is 19.0 Å². The maximum atomic E-state index is 12.6. The van der Waals surface area contributed by atoms with Crippen molar-refractivity contribution in [2.45, 2.75) is 25.4 Å². The number of nitrogens with zero attached hydrogens (tertiary/aromatic N) is 1. The molecule has 1 atom stereocenters. The van der Waals surface area contributed by atoms with Gasteiger partial charge in [-0.15, -0.1) is 0 Å². The summed E-state index contributed by atoms with van der Waals surface area (Å²) < 4.78 is 5.02. The molecule has 0 fully saturated rings. The van der Waals surface area contributed by atoms with E-state index in [0.29, 0.717) is 12.1 Å². The van der Waals surface area contributed by atoms with Gasteiger partial charge in [-0.1, -0.05) is 41.4 Å². The van der Waals surface area contributed by atoms with E-state index in [2.05, 4.69) is 5.32 Å². The van der Waals surface area contributed by atoms with Crippen molar-refractivity contribution < 1.29 is 29.0 Å². The molecule has 0 heterocycles. The Kier molecular flexibility index (Phi) is 9.84. The summed E-state index contributed by atoms with van der Waals surface area (Å²) in [6.07, 6.45) is -0.522. The van der Waals surface area contributed by atoms with Crippen molar-refractivity contribution in [3.8, 4) is 0 Å².